The molecule has 0 bridgehead atoms. The molecular formula is C34H23N5. The Kier molecular flexibility index (Phi) is 6.43. The molecule has 0 aliphatic carbocycles. The van der Waals surface area contributed by atoms with Crippen LogP contribution in [0.4, 0.5) is 22.7 Å². The van der Waals surface area contributed by atoms with E-state index >= 15 is 0 Å². The van der Waals surface area contributed by atoms with E-state index in [1.807, 2.05) is 103 Å². The topological polar surface area (TPSA) is 73.2 Å². The van der Waals surface area contributed by atoms with E-state index in [9.17, 15) is 0 Å². The second-order valence-electron chi connectivity index (χ2n) is 9.23. The van der Waals surface area contributed by atoms with Gasteiger partial charge in [0, 0.05) is 16.2 Å². The molecule has 0 unspecified atom stereocenters. The Bertz CT molecular complexity index is 1910. The Morgan fingerprint density at radius 1 is 0.462 bits per heavy atom. The Hall–Kier alpha value is -5.47. The van der Waals surface area contributed by atoms with Crippen molar-refractivity contribution >= 4 is 44.3 Å². The SMILES string of the molecule is Cc1ccc(N=Nc2ccc(N=Nc3ccc(-c4ccc(C#N)cc4)cc3)c3ccccc23)c2ccccc12. The molecule has 0 atom stereocenters. The fraction of sp³-hybridized carbons (Fsp3) is 0.0294. The summed E-state index contributed by atoms with van der Waals surface area (Å²) in [6.45, 7) is 2.10. The molecule has 0 aliphatic heterocycles. The summed E-state index contributed by atoms with van der Waals surface area (Å²) in [6, 6.07) is 41.8. The first-order valence-corrected chi connectivity index (χ1v) is 12.6. The summed E-state index contributed by atoms with van der Waals surface area (Å²) in [6.07, 6.45) is 0. The van der Waals surface area contributed by atoms with Crippen LogP contribution < -0.4 is 0 Å². The average molecular weight is 502 g/mol. The van der Waals surface area contributed by atoms with Crippen LogP contribution >= 0.6 is 0 Å². The van der Waals surface area contributed by atoms with Crippen LogP contribution in [0, 0.1) is 18.3 Å². The zero-order chi connectivity index (χ0) is 26.6. The summed E-state index contributed by atoms with van der Waals surface area (Å²) in [4.78, 5) is 0. The van der Waals surface area contributed by atoms with Crippen molar-refractivity contribution in [2.45, 2.75) is 6.92 Å². The lowest BCUT2D eigenvalue weighted by Gasteiger charge is -2.06. The summed E-state index contributed by atoms with van der Waals surface area (Å²) in [5.74, 6) is 0. The van der Waals surface area contributed by atoms with Crippen molar-refractivity contribution in [3.8, 4) is 17.2 Å². The van der Waals surface area contributed by atoms with Gasteiger partial charge in [0.25, 0.3) is 0 Å². The third kappa shape index (κ3) is 4.92. The van der Waals surface area contributed by atoms with Gasteiger partial charge in [0.05, 0.1) is 34.4 Å². The number of nitriles is 1. The van der Waals surface area contributed by atoms with Crippen molar-refractivity contribution in [3.63, 3.8) is 0 Å². The minimum atomic E-state index is 0.646. The van der Waals surface area contributed by atoms with E-state index in [1.54, 1.807) is 0 Å². The molecule has 0 aromatic heterocycles. The van der Waals surface area contributed by atoms with Crippen LogP contribution in [0.1, 0.15) is 11.1 Å². The molecule has 6 rings (SSSR count). The van der Waals surface area contributed by atoms with Gasteiger partial charge >= 0.3 is 0 Å². The molecule has 0 radical (unpaired) electrons. The minimum Gasteiger partial charge on any atom is -0.192 e. The lowest BCUT2D eigenvalue weighted by Crippen LogP contribution is -1.79. The summed E-state index contributed by atoms with van der Waals surface area (Å²) < 4.78 is 0. The fourth-order valence-corrected chi connectivity index (χ4v) is 4.64. The van der Waals surface area contributed by atoms with Gasteiger partial charge in [-0.2, -0.15) is 10.4 Å². The summed E-state index contributed by atoms with van der Waals surface area (Å²) in [5.41, 5.74) is 7.11. The molecule has 5 heteroatoms. The number of benzene rings is 6. The maximum atomic E-state index is 9.00. The Morgan fingerprint density at radius 3 is 1.44 bits per heavy atom. The molecule has 0 fully saturated rings. The zero-order valence-corrected chi connectivity index (χ0v) is 21.3. The van der Waals surface area contributed by atoms with E-state index in [0.29, 0.717) is 5.56 Å². The van der Waals surface area contributed by atoms with Crippen LogP contribution in [0.25, 0.3) is 32.7 Å². The highest BCUT2D eigenvalue weighted by Crippen LogP contribution is 2.36. The molecule has 0 saturated carbocycles. The van der Waals surface area contributed by atoms with Gasteiger partial charge in [-0.05, 0) is 71.5 Å². The fourth-order valence-electron chi connectivity index (χ4n) is 4.64. The van der Waals surface area contributed by atoms with Crippen LogP contribution in [-0.2, 0) is 0 Å². The van der Waals surface area contributed by atoms with Crippen molar-refractivity contribution in [1.29, 1.82) is 5.26 Å². The first kappa shape index (κ1) is 23.9. The zero-order valence-electron chi connectivity index (χ0n) is 21.3. The molecule has 0 saturated heterocycles. The van der Waals surface area contributed by atoms with Crippen LogP contribution in [0.5, 0.6) is 0 Å². The molecule has 0 spiro atoms. The van der Waals surface area contributed by atoms with Crippen LogP contribution in [0.3, 0.4) is 0 Å². The predicted molar refractivity (Wildman–Crippen MR) is 158 cm³/mol. The Balaban J connectivity index is 1.28. The number of rotatable bonds is 5. The molecule has 0 amide bonds. The molecule has 5 nitrogen and oxygen atoms in total. The summed E-state index contributed by atoms with van der Waals surface area (Å²) >= 11 is 0. The van der Waals surface area contributed by atoms with Gasteiger partial charge in [-0.25, -0.2) is 0 Å². The van der Waals surface area contributed by atoms with E-state index in [-0.39, 0.29) is 0 Å². The van der Waals surface area contributed by atoms with E-state index in [2.05, 4.69) is 51.6 Å². The second kappa shape index (κ2) is 10.5. The number of fused-ring (bicyclic) bond motifs is 2. The number of hydrogen-bond donors (Lipinski definition) is 0. The molecule has 0 N–H and O–H groups in total. The highest BCUT2D eigenvalue weighted by atomic mass is 15.1. The number of hydrogen-bond acceptors (Lipinski definition) is 5. The van der Waals surface area contributed by atoms with Crippen molar-refractivity contribution in [1.82, 2.24) is 0 Å². The molecule has 0 heterocycles. The van der Waals surface area contributed by atoms with Crippen molar-refractivity contribution < 1.29 is 0 Å². The molecule has 0 aliphatic rings. The first-order chi connectivity index (χ1) is 19.2. The predicted octanol–water partition coefficient (Wildman–Crippen LogP) is 10.7. The van der Waals surface area contributed by atoms with Crippen molar-refractivity contribution in [2.24, 2.45) is 20.5 Å². The number of nitrogens with zero attached hydrogens (tertiary/aromatic N) is 5. The molecule has 6 aromatic carbocycles. The van der Waals surface area contributed by atoms with Gasteiger partial charge in [0.1, 0.15) is 0 Å². The third-order valence-electron chi connectivity index (χ3n) is 6.75. The van der Waals surface area contributed by atoms with E-state index < -0.39 is 0 Å². The highest BCUT2D eigenvalue weighted by molar-refractivity contribution is 6.00. The van der Waals surface area contributed by atoms with Gasteiger partial charge in [-0.3, -0.25) is 0 Å². The normalized spacial score (nSPS) is 11.5. The molecule has 39 heavy (non-hydrogen) atoms. The van der Waals surface area contributed by atoms with Gasteiger partial charge in [0.2, 0.25) is 0 Å². The van der Waals surface area contributed by atoms with Crippen LogP contribution in [0.15, 0.2) is 142 Å². The number of azo groups is 2. The standard InChI is InChI=1S/C34H23N5/c1-23-10-19-32(29-7-3-2-6-28(23)29)38-39-34-21-20-33(30-8-4-5-9-31(30)34)37-36-27-17-15-26(16-18-27)25-13-11-24(22-35)12-14-25/h2-21H,1H3. The molecular weight excluding hydrogens is 478 g/mol. The monoisotopic (exact) mass is 501 g/mol. The van der Waals surface area contributed by atoms with Gasteiger partial charge < -0.3 is 0 Å². The average Bonchev–Trinajstić information content (AvgIpc) is 3.00. The van der Waals surface area contributed by atoms with Crippen LogP contribution in [-0.4, -0.2) is 0 Å². The molecule has 184 valence electrons. The smallest absolute Gasteiger partial charge is 0.0991 e. The Labute approximate surface area is 226 Å². The summed E-state index contributed by atoms with van der Waals surface area (Å²) in [5, 5.41) is 31.5. The van der Waals surface area contributed by atoms with E-state index in [0.717, 1.165) is 50.0 Å². The second-order valence-corrected chi connectivity index (χ2v) is 9.23. The van der Waals surface area contributed by atoms with Crippen molar-refractivity contribution in [2.75, 3.05) is 0 Å². The maximum absolute atomic E-state index is 9.00. The minimum absolute atomic E-state index is 0.646. The summed E-state index contributed by atoms with van der Waals surface area (Å²) in [7, 11) is 0. The molecule has 6 aromatic rings. The van der Waals surface area contributed by atoms with Crippen LogP contribution in [0.2, 0.25) is 0 Å². The number of aryl methyl sites for hydroxylation is 1. The van der Waals surface area contributed by atoms with E-state index in [1.165, 1.54) is 10.9 Å². The largest absolute Gasteiger partial charge is 0.192 e. The first-order valence-electron chi connectivity index (χ1n) is 12.6. The lowest BCUT2D eigenvalue weighted by molar-refractivity contribution is 1.23. The van der Waals surface area contributed by atoms with Crippen molar-refractivity contribution in [3.05, 3.63) is 132 Å². The van der Waals surface area contributed by atoms with E-state index in [4.69, 9.17) is 5.26 Å². The quantitative estimate of drug-likeness (QED) is 0.216. The van der Waals surface area contributed by atoms with Gasteiger partial charge in [-0.15, -0.1) is 15.3 Å². The Morgan fingerprint density at radius 2 is 0.897 bits per heavy atom. The third-order valence-corrected chi connectivity index (χ3v) is 6.75. The lowest BCUT2D eigenvalue weighted by atomic mass is 10.0. The van der Waals surface area contributed by atoms with Gasteiger partial charge in [0.15, 0.2) is 0 Å². The maximum Gasteiger partial charge on any atom is 0.0991 e. The van der Waals surface area contributed by atoms with Gasteiger partial charge in [-0.1, -0.05) is 78.9 Å². The highest BCUT2D eigenvalue weighted by Gasteiger charge is 2.07.